The minimum atomic E-state index is -0.521. The SMILES string of the molecule is CC[C@H](C(=O)NC1CCCCC1)N(Cc1ccc(C)cc1)C(=O)COc1ccc(C)cc1. The largest absolute Gasteiger partial charge is 0.484 e. The second kappa shape index (κ2) is 11.7. The fourth-order valence-corrected chi connectivity index (χ4v) is 4.22. The number of hydrogen-bond donors (Lipinski definition) is 1. The van der Waals surface area contributed by atoms with E-state index < -0.39 is 6.04 Å². The number of aryl methyl sites for hydroxylation is 2. The van der Waals surface area contributed by atoms with Crippen molar-refractivity contribution in [3.05, 3.63) is 65.2 Å². The average Bonchev–Trinajstić information content (AvgIpc) is 2.80. The van der Waals surface area contributed by atoms with Crippen LogP contribution in [0.4, 0.5) is 0 Å². The van der Waals surface area contributed by atoms with Crippen LogP contribution in [0.2, 0.25) is 0 Å². The van der Waals surface area contributed by atoms with Crippen molar-refractivity contribution >= 4 is 11.8 Å². The quantitative estimate of drug-likeness (QED) is 0.606. The third-order valence-corrected chi connectivity index (χ3v) is 6.19. The first-order valence-electron chi connectivity index (χ1n) is 11.8. The molecule has 0 heterocycles. The Morgan fingerprint density at radius 3 is 2.16 bits per heavy atom. The van der Waals surface area contributed by atoms with E-state index in [2.05, 4.69) is 5.32 Å². The molecule has 0 aromatic heterocycles. The molecule has 0 bridgehead atoms. The van der Waals surface area contributed by atoms with Crippen LogP contribution in [0, 0.1) is 13.8 Å². The molecule has 2 aromatic rings. The molecule has 172 valence electrons. The van der Waals surface area contributed by atoms with Crippen molar-refractivity contribution in [1.29, 1.82) is 0 Å². The molecule has 0 radical (unpaired) electrons. The predicted molar refractivity (Wildman–Crippen MR) is 127 cm³/mol. The van der Waals surface area contributed by atoms with E-state index in [1.807, 2.05) is 69.3 Å². The first-order chi connectivity index (χ1) is 15.5. The number of rotatable bonds is 9. The lowest BCUT2D eigenvalue weighted by atomic mass is 9.95. The molecular weight excluding hydrogens is 400 g/mol. The molecule has 5 heteroatoms. The summed E-state index contributed by atoms with van der Waals surface area (Å²) in [5, 5.41) is 3.21. The van der Waals surface area contributed by atoms with Crippen molar-refractivity contribution in [3.8, 4) is 5.75 Å². The summed E-state index contributed by atoms with van der Waals surface area (Å²) in [5.41, 5.74) is 3.30. The summed E-state index contributed by atoms with van der Waals surface area (Å²) in [6.45, 7) is 6.29. The van der Waals surface area contributed by atoms with Crippen LogP contribution in [0.5, 0.6) is 5.75 Å². The molecule has 1 N–H and O–H groups in total. The average molecular weight is 437 g/mol. The number of benzene rings is 2. The highest BCUT2D eigenvalue weighted by Crippen LogP contribution is 2.19. The van der Waals surface area contributed by atoms with Gasteiger partial charge in [-0.1, -0.05) is 73.7 Å². The maximum Gasteiger partial charge on any atom is 0.261 e. The van der Waals surface area contributed by atoms with Crippen LogP contribution >= 0.6 is 0 Å². The molecular formula is C27H36N2O3. The van der Waals surface area contributed by atoms with E-state index >= 15 is 0 Å². The van der Waals surface area contributed by atoms with Gasteiger partial charge in [0.15, 0.2) is 6.61 Å². The Labute approximate surface area is 192 Å². The molecule has 0 saturated heterocycles. The molecule has 3 rings (SSSR count). The molecule has 1 aliphatic rings. The number of nitrogens with zero attached hydrogens (tertiary/aromatic N) is 1. The molecule has 32 heavy (non-hydrogen) atoms. The van der Waals surface area contributed by atoms with Crippen LogP contribution in [-0.2, 0) is 16.1 Å². The van der Waals surface area contributed by atoms with Gasteiger partial charge in [-0.15, -0.1) is 0 Å². The first-order valence-corrected chi connectivity index (χ1v) is 11.8. The van der Waals surface area contributed by atoms with Crippen LogP contribution < -0.4 is 10.1 Å². The highest BCUT2D eigenvalue weighted by atomic mass is 16.5. The van der Waals surface area contributed by atoms with Gasteiger partial charge in [-0.05, 0) is 50.8 Å². The Balaban J connectivity index is 1.73. The summed E-state index contributed by atoms with van der Waals surface area (Å²) in [7, 11) is 0. The molecule has 0 spiro atoms. The van der Waals surface area contributed by atoms with Crippen LogP contribution in [0.3, 0.4) is 0 Å². The minimum Gasteiger partial charge on any atom is -0.484 e. The van der Waals surface area contributed by atoms with E-state index in [4.69, 9.17) is 4.74 Å². The standard InChI is InChI=1S/C27H36N2O3/c1-4-25(27(31)28-23-8-6-5-7-9-23)29(18-22-14-10-20(2)11-15-22)26(30)19-32-24-16-12-21(3)13-17-24/h10-17,23,25H,4-9,18-19H2,1-3H3,(H,28,31)/t25-/m1/s1. The van der Waals surface area contributed by atoms with E-state index in [1.165, 1.54) is 6.42 Å². The van der Waals surface area contributed by atoms with Gasteiger partial charge in [0.2, 0.25) is 5.91 Å². The smallest absolute Gasteiger partial charge is 0.261 e. The van der Waals surface area contributed by atoms with Gasteiger partial charge in [-0.2, -0.15) is 0 Å². The fourth-order valence-electron chi connectivity index (χ4n) is 4.22. The highest BCUT2D eigenvalue weighted by molar-refractivity contribution is 5.88. The Morgan fingerprint density at radius 2 is 1.56 bits per heavy atom. The number of carbonyl (C=O) groups is 2. The van der Waals surface area contributed by atoms with Gasteiger partial charge in [-0.25, -0.2) is 0 Å². The Bertz CT molecular complexity index is 871. The first kappa shape index (κ1) is 23.8. The van der Waals surface area contributed by atoms with Gasteiger partial charge in [0.25, 0.3) is 5.91 Å². The van der Waals surface area contributed by atoms with Crippen LogP contribution in [-0.4, -0.2) is 35.4 Å². The lowest BCUT2D eigenvalue weighted by Gasteiger charge is -2.32. The van der Waals surface area contributed by atoms with Gasteiger partial charge in [0.1, 0.15) is 11.8 Å². The van der Waals surface area contributed by atoms with Crippen molar-refractivity contribution in [2.75, 3.05) is 6.61 Å². The zero-order valence-electron chi connectivity index (χ0n) is 19.6. The Kier molecular flexibility index (Phi) is 8.72. The van der Waals surface area contributed by atoms with Crippen molar-refractivity contribution in [3.63, 3.8) is 0 Å². The van der Waals surface area contributed by atoms with E-state index in [1.54, 1.807) is 4.90 Å². The second-order valence-electron chi connectivity index (χ2n) is 8.88. The molecule has 1 fully saturated rings. The summed E-state index contributed by atoms with van der Waals surface area (Å²) in [6.07, 6.45) is 6.13. The zero-order chi connectivity index (χ0) is 22.9. The van der Waals surface area contributed by atoms with Crippen LogP contribution in [0.1, 0.15) is 62.1 Å². The predicted octanol–water partition coefficient (Wildman–Crippen LogP) is 4.94. The lowest BCUT2D eigenvalue weighted by molar-refractivity contribution is -0.143. The third-order valence-electron chi connectivity index (χ3n) is 6.19. The number of amides is 2. The number of hydrogen-bond acceptors (Lipinski definition) is 3. The maximum atomic E-state index is 13.3. The lowest BCUT2D eigenvalue weighted by Crippen LogP contribution is -2.52. The number of ether oxygens (including phenoxy) is 1. The maximum absolute atomic E-state index is 13.3. The van der Waals surface area contributed by atoms with Crippen LogP contribution in [0.15, 0.2) is 48.5 Å². The molecule has 0 aliphatic heterocycles. The topological polar surface area (TPSA) is 58.6 Å². The number of carbonyl (C=O) groups excluding carboxylic acids is 2. The van der Waals surface area contributed by atoms with Gasteiger partial charge >= 0.3 is 0 Å². The summed E-state index contributed by atoms with van der Waals surface area (Å²) in [6, 6.07) is 15.4. The summed E-state index contributed by atoms with van der Waals surface area (Å²) < 4.78 is 5.76. The van der Waals surface area contributed by atoms with Gasteiger partial charge in [-0.3, -0.25) is 9.59 Å². The molecule has 1 saturated carbocycles. The van der Waals surface area contributed by atoms with Gasteiger partial charge in [0.05, 0.1) is 0 Å². The second-order valence-corrected chi connectivity index (χ2v) is 8.88. The fraction of sp³-hybridized carbons (Fsp3) is 0.481. The van der Waals surface area contributed by atoms with E-state index in [0.29, 0.717) is 18.7 Å². The normalized spacial score (nSPS) is 15.1. The minimum absolute atomic E-state index is 0.0600. The summed E-state index contributed by atoms with van der Waals surface area (Å²) >= 11 is 0. The van der Waals surface area contributed by atoms with Crippen LogP contribution in [0.25, 0.3) is 0 Å². The van der Waals surface area contributed by atoms with Gasteiger partial charge < -0.3 is 15.0 Å². The number of nitrogens with one attached hydrogen (secondary N) is 1. The zero-order valence-corrected chi connectivity index (χ0v) is 19.6. The molecule has 0 unspecified atom stereocenters. The monoisotopic (exact) mass is 436 g/mol. The van der Waals surface area contributed by atoms with E-state index in [-0.39, 0.29) is 24.5 Å². The molecule has 5 nitrogen and oxygen atoms in total. The van der Waals surface area contributed by atoms with Crippen molar-refractivity contribution in [2.45, 2.75) is 77.9 Å². The molecule has 1 aliphatic carbocycles. The molecule has 2 aromatic carbocycles. The van der Waals surface area contributed by atoms with Crippen molar-refractivity contribution < 1.29 is 14.3 Å². The Hall–Kier alpha value is -2.82. The van der Waals surface area contributed by atoms with Crippen molar-refractivity contribution in [2.24, 2.45) is 0 Å². The summed E-state index contributed by atoms with van der Waals surface area (Å²) in [4.78, 5) is 28.1. The van der Waals surface area contributed by atoms with E-state index in [0.717, 1.165) is 42.4 Å². The molecule has 2 amide bonds. The third kappa shape index (κ3) is 6.84. The highest BCUT2D eigenvalue weighted by Gasteiger charge is 2.30. The summed E-state index contributed by atoms with van der Waals surface area (Å²) in [5.74, 6) is 0.408. The Morgan fingerprint density at radius 1 is 0.969 bits per heavy atom. The van der Waals surface area contributed by atoms with Gasteiger partial charge in [0, 0.05) is 12.6 Å². The van der Waals surface area contributed by atoms with E-state index in [9.17, 15) is 9.59 Å². The molecule has 1 atom stereocenters. The van der Waals surface area contributed by atoms with Crippen molar-refractivity contribution in [1.82, 2.24) is 10.2 Å².